The van der Waals surface area contributed by atoms with Crippen LogP contribution in [0.4, 0.5) is 5.13 Å². The minimum atomic E-state index is -0.343. The molecule has 0 aliphatic heterocycles. The number of carbonyl (C=O) groups excluding carboxylic acids is 2. The SMILES string of the molecule is CCOC(=O)Cc1csc(NC(=O)c2cn(Cc3ccccc3)nc2-c2ccccc2)n1. The van der Waals surface area contributed by atoms with E-state index in [4.69, 9.17) is 4.74 Å². The van der Waals surface area contributed by atoms with Crippen molar-refractivity contribution in [2.45, 2.75) is 19.9 Å². The molecule has 2 aromatic carbocycles. The summed E-state index contributed by atoms with van der Waals surface area (Å²) in [7, 11) is 0. The first-order valence-corrected chi connectivity index (χ1v) is 11.1. The zero-order valence-corrected chi connectivity index (χ0v) is 18.3. The van der Waals surface area contributed by atoms with Gasteiger partial charge in [-0.05, 0) is 12.5 Å². The number of ether oxygens (including phenoxy) is 1. The minimum Gasteiger partial charge on any atom is -0.466 e. The summed E-state index contributed by atoms with van der Waals surface area (Å²) in [4.78, 5) is 29.1. The molecule has 1 amide bonds. The van der Waals surface area contributed by atoms with Crippen molar-refractivity contribution in [3.63, 3.8) is 0 Å². The maximum atomic E-state index is 13.1. The average Bonchev–Trinajstić information content (AvgIpc) is 3.42. The Morgan fingerprint density at radius 3 is 2.50 bits per heavy atom. The summed E-state index contributed by atoms with van der Waals surface area (Å²) >= 11 is 1.27. The van der Waals surface area contributed by atoms with Crippen LogP contribution in [0, 0.1) is 0 Å². The molecule has 0 fully saturated rings. The highest BCUT2D eigenvalue weighted by Gasteiger charge is 2.19. The van der Waals surface area contributed by atoms with E-state index < -0.39 is 0 Å². The normalized spacial score (nSPS) is 10.7. The highest BCUT2D eigenvalue weighted by atomic mass is 32.1. The molecule has 162 valence electrons. The number of benzene rings is 2. The fraction of sp³-hybridized carbons (Fsp3) is 0.167. The van der Waals surface area contributed by atoms with E-state index in [-0.39, 0.29) is 18.3 Å². The Labute approximate surface area is 189 Å². The molecule has 0 radical (unpaired) electrons. The van der Waals surface area contributed by atoms with E-state index in [0.29, 0.717) is 35.2 Å². The predicted molar refractivity (Wildman–Crippen MR) is 124 cm³/mol. The molecule has 7 nitrogen and oxygen atoms in total. The summed E-state index contributed by atoms with van der Waals surface area (Å²) in [5.41, 5.74) is 3.56. The lowest BCUT2D eigenvalue weighted by molar-refractivity contribution is -0.142. The highest BCUT2D eigenvalue weighted by Crippen LogP contribution is 2.24. The van der Waals surface area contributed by atoms with Crippen molar-refractivity contribution in [3.8, 4) is 11.3 Å². The van der Waals surface area contributed by atoms with Gasteiger partial charge < -0.3 is 4.74 Å². The van der Waals surface area contributed by atoms with Crippen molar-refractivity contribution in [3.05, 3.63) is 89.1 Å². The molecule has 0 bridgehead atoms. The summed E-state index contributed by atoms with van der Waals surface area (Å²) in [6, 6.07) is 19.5. The smallest absolute Gasteiger partial charge is 0.311 e. The average molecular weight is 447 g/mol. The molecule has 0 unspecified atom stereocenters. The maximum Gasteiger partial charge on any atom is 0.311 e. The van der Waals surface area contributed by atoms with Crippen molar-refractivity contribution in [1.82, 2.24) is 14.8 Å². The van der Waals surface area contributed by atoms with Gasteiger partial charge in [0, 0.05) is 17.1 Å². The van der Waals surface area contributed by atoms with E-state index in [1.54, 1.807) is 23.2 Å². The van der Waals surface area contributed by atoms with Gasteiger partial charge in [0.1, 0.15) is 5.69 Å². The van der Waals surface area contributed by atoms with Gasteiger partial charge in [-0.15, -0.1) is 11.3 Å². The van der Waals surface area contributed by atoms with Crippen LogP contribution in [-0.2, 0) is 22.5 Å². The number of hydrogen-bond acceptors (Lipinski definition) is 6. The number of rotatable bonds is 8. The number of thiazole rings is 1. The molecule has 0 atom stereocenters. The van der Waals surface area contributed by atoms with E-state index in [1.165, 1.54) is 11.3 Å². The molecule has 1 N–H and O–H groups in total. The number of aromatic nitrogens is 3. The molecule has 4 rings (SSSR count). The first kappa shape index (κ1) is 21.5. The first-order chi connectivity index (χ1) is 15.6. The Morgan fingerprint density at radius 2 is 1.78 bits per heavy atom. The molecule has 2 heterocycles. The quantitative estimate of drug-likeness (QED) is 0.405. The Kier molecular flexibility index (Phi) is 6.72. The molecule has 0 spiro atoms. The summed E-state index contributed by atoms with van der Waals surface area (Å²) in [6.07, 6.45) is 1.82. The summed E-state index contributed by atoms with van der Waals surface area (Å²) in [5, 5.41) is 9.68. The van der Waals surface area contributed by atoms with Crippen molar-refractivity contribution in [2.75, 3.05) is 11.9 Å². The van der Waals surface area contributed by atoms with Crippen molar-refractivity contribution >= 4 is 28.3 Å². The third-order valence-corrected chi connectivity index (χ3v) is 5.45. The zero-order valence-electron chi connectivity index (χ0n) is 17.5. The summed E-state index contributed by atoms with van der Waals surface area (Å²) in [6.45, 7) is 2.63. The zero-order chi connectivity index (χ0) is 22.3. The van der Waals surface area contributed by atoms with Gasteiger partial charge in [0.25, 0.3) is 5.91 Å². The van der Waals surface area contributed by atoms with E-state index in [2.05, 4.69) is 15.4 Å². The van der Waals surface area contributed by atoms with E-state index >= 15 is 0 Å². The van der Waals surface area contributed by atoms with Crippen LogP contribution in [0.2, 0.25) is 0 Å². The Bertz CT molecular complexity index is 1200. The Balaban J connectivity index is 1.57. The second kappa shape index (κ2) is 10.0. The fourth-order valence-electron chi connectivity index (χ4n) is 3.22. The number of esters is 1. The number of anilines is 1. The fourth-order valence-corrected chi connectivity index (χ4v) is 3.92. The highest BCUT2D eigenvalue weighted by molar-refractivity contribution is 7.14. The van der Waals surface area contributed by atoms with Gasteiger partial charge in [0.2, 0.25) is 0 Å². The molecule has 0 aliphatic rings. The van der Waals surface area contributed by atoms with Crippen LogP contribution in [0.1, 0.15) is 28.5 Å². The van der Waals surface area contributed by atoms with Crippen LogP contribution in [0.15, 0.2) is 72.2 Å². The molecule has 32 heavy (non-hydrogen) atoms. The third kappa shape index (κ3) is 5.28. The molecule has 0 saturated heterocycles. The monoisotopic (exact) mass is 446 g/mol. The molecular formula is C24H22N4O3S. The molecule has 0 aliphatic carbocycles. The summed E-state index contributed by atoms with van der Waals surface area (Å²) in [5.74, 6) is -0.649. The van der Waals surface area contributed by atoms with Crippen molar-refractivity contribution in [1.29, 1.82) is 0 Å². The number of carbonyl (C=O) groups is 2. The number of hydrogen-bond donors (Lipinski definition) is 1. The Morgan fingerprint density at radius 1 is 1.06 bits per heavy atom. The second-order valence-corrected chi connectivity index (χ2v) is 7.88. The lowest BCUT2D eigenvalue weighted by Gasteiger charge is -2.02. The van der Waals surface area contributed by atoms with E-state index in [0.717, 1.165) is 11.1 Å². The summed E-state index contributed by atoms with van der Waals surface area (Å²) < 4.78 is 6.71. The van der Waals surface area contributed by atoms with E-state index in [9.17, 15) is 9.59 Å². The minimum absolute atomic E-state index is 0.0739. The van der Waals surface area contributed by atoms with Gasteiger partial charge in [-0.3, -0.25) is 19.6 Å². The molecule has 2 aromatic heterocycles. The van der Waals surface area contributed by atoms with Gasteiger partial charge in [0.15, 0.2) is 5.13 Å². The lowest BCUT2D eigenvalue weighted by atomic mass is 10.1. The molecular weight excluding hydrogens is 424 g/mol. The van der Waals surface area contributed by atoms with Crippen molar-refractivity contribution in [2.24, 2.45) is 0 Å². The van der Waals surface area contributed by atoms with Gasteiger partial charge >= 0.3 is 5.97 Å². The largest absolute Gasteiger partial charge is 0.466 e. The molecule has 8 heteroatoms. The Hall–Kier alpha value is -3.78. The van der Waals surface area contributed by atoms with Gasteiger partial charge in [-0.2, -0.15) is 5.10 Å². The van der Waals surface area contributed by atoms with Crippen LogP contribution >= 0.6 is 11.3 Å². The number of nitrogens with one attached hydrogen (secondary N) is 1. The maximum absolute atomic E-state index is 13.1. The van der Waals surface area contributed by atoms with Gasteiger partial charge in [0.05, 0.1) is 30.8 Å². The predicted octanol–water partition coefficient (Wildman–Crippen LogP) is 4.41. The van der Waals surface area contributed by atoms with Gasteiger partial charge in [-0.25, -0.2) is 4.98 Å². The van der Waals surface area contributed by atoms with Crippen LogP contribution in [0.5, 0.6) is 0 Å². The van der Waals surface area contributed by atoms with E-state index in [1.807, 2.05) is 60.7 Å². The standard InChI is InChI=1S/C24H22N4O3S/c1-2-31-21(29)13-19-16-32-24(25-19)26-23(30)20-15-28(14-17-9-5-3-6-10-17)27-22(20)18-11-7-4-8-12-18/h3-12,15-16H,2,13-14H2,1H3,(H,25,26,30). The third-order valence-electron chi connectivity index (χ3n) is 4.64. The number of amides is 1. The van der Waals surface area contributed by atoms with Crippen LogP contribution in [0.3, 0.4) is 0 Å². The topological polar surface area (TPSA) is 86.1 Å². The lowest BCUT2D eigenvalue weighted by Crippen LogP contribution is -2.13. The van der Waals surface area contributed by atoms with Crippen LogP contribution < -0.4 is 5.32 Å². The molecule has 4 aromatic rings. The van der Waals surface area contributed by atoms with Crippen LogP contribution in [0.25, 0.3) is 11.3 Å². The van der Waals surface area contributed by atoms with Gasteiger partial charge in [-0.1, -0.05) is 60.7 Å². The van der Waals surface area contributed by atoms with Crippen LogP contribution in [-0.4, -0.2) is 33.2 Å². The number of nitrogens with zero attached hydrogens (tertiary/aromatic N) is 3. The molecule has 0 saturated carbocycles. The first-order valence-electron chi connectivity index (χ1n) is 10.2. The second-order valence-electron chi connectivity index (χ2n) is 7.02. The van der Waals surface area contributed by atoms with Crippen molar-refractivity contribution < 1.29 is 14.3 Å².